The van der Waals surface area contributed by atoms with Crippen LogP contribution in [0.4, 0.5) is 16.0 Å². The van der Waals surface area contributed by atoms with Gasteiger partial charge < -0.3 is 24.2 Å². The van der Waals surface area contributed by atoms with E-state index in [1.807, 2.05) is 66.7 Å². The molecule has 0 spiro atoms. The van der Waals surface area contributed by atoms with Crippen LogP contribution < -0.4 is 14.8 Å². The van der Waals surface area contributed by atoms with Gasteiger partial charge in [0.25, 0.3) is 0 Å². The molecule has 1 aromatic carbocycles. The first-order valence-electron chi connectivity index (χ1n) is 15.9. The molecule has 6 rings (SSSR count). The van der Waals surface area contributed by atoms with Crippen LogP contribution in [0.25, 0.3) is 10.8 Å². The highest BCUT2D eigenvalue weighted by atomic mass is 32.2. The van der Waals surface area contributed by atoms with E-state index >= 15 is 0 Å². The quantitative estimate of drug-likeness (QED) is 0.215. The van der Waals surface area contributed by atoms with Crippen molar-refractivity contribution in [1.82, 2.24) is 19.6 Å². The van der Waals surface area contributed by atoms with E-state index in [0.29, 0.717) is 54.6 Å². The summed E-state index contributed by atoms with van der Waals surface area (Å²) in [6.07, 6.45) is 1.51. The fourth-order valence-electron chi connectivity index (χ4n) is 5.80. The normalized spacial score (nSPS) is 23.6. The number of esters is 1. The summed E-state index contributed by atoms with van der Waals surface area (Å²) in [5.74, 6) is 0.571. The van der Waals surface area contributed by atoms with Crippen molar-refractivity contribution in [3.63, 3.8) is 0 Å². The van der Waals surface area contributed by atoms with Crippen molar-refractivity contribution in [2.75, 3.05) is 18.4 Å². The molecule has 12 heteroatoms. The Labute approximate surface area is 272 Å². The third-order valence-corrected chi connectivity index (χ3v) is 10.8. The molecule has 2 aromatic heterocycles. The lowest BCUT2D eigenvalue weighted by atomic mass is 9.84. The van der Waals surface area contributed by atoms with Gasteiger partial charge in [0.2, 0.25) is 5.91 Å². The predicted octanol–water partition coefficient (Wildman–Crippen LogP) is 5.88. The van der Waals surface area contributed by atoms with E-state index in [1.165, 1.54) is 0 Å². The molecule has 0 bridgehead atoms. The summed E-state index contributed by atoms with van der Waals surface area (Å²) in [6.45, 7) is 14.4. The maximum absolute atomic E-state index is 13.4. The Morgan fingerprint density at radius 1 is 1.22 bits per heavy atom. The number of likely N-dealkylation sites (tertiary alicyclic amines) is 1. The van der Waals surface area contributed by atoms with E-state index < -0.39 is 33.8 Å². The number of nitrogens with zero attached hydrogens (tertiary/aromatic N) is 3. The Balaban J connectivity index is 1.31. The Hall–Kier alpha value is -3.48. The van der Waals surface area contributed by atoms with Gasteiger partial charge >= 0.3 is 5.97 Å². The molecule has 1 amide bonds. The molecule has 10 nitrogen and oxygen atoms in total. The number of nitrogens with one attached hydrogen (secondary N) is 2. The number of ether oxygens (including phenoxy) is 2. The maximum atomic E-state index is 13.4. The minimum Gasteiger partial charge on any atom is -0.598 e. The molecule has 1 saturated carbocycles. The van der Waals surface area contributed by atoms with Crippen LogP contribution >= 0.6 is 0 Å². The molecule has 2 N–H and O–H groups in total. The molecule has 4 heterocycles. The average Bonchev–Trinajstić information content (AvgIpc) is 3.71. The number of pyridine rings is 2. The Morgan fingerprint density at radius 3 is 2.59 bits per heavy atom. The minimum atomic E-state index is -1.30. The Morgan fingerprint density at radius 2 is 1.93 bits per heavy atom. The van der Waals surface area contributed by atoms with Crippen molar-refractivity contribution in [1.29, 1.82) is 0 Å². The summed E-state index contributed by atoms with van der Waals surface area (Å²) in [7, 11) is 0. The van der Waals surface area contributed by atoms with E-state index in [-0.39, 0.29) is 29.9 Å². The number of hydrogen-bond donors (Lipinski definition) is 2. The number of fused-ring (bicyclic) bond motifs is 2. The summed E-state index contributed by atoms with van der Waals surface area (Å²) < 4.78 is 41.4. The SMILES string of the molecule is CC[C@@H](N[S+]([O-])C(C)(C)C)c1ccc(OC2CN(C(=O)[C@@H]3C[C@@H]3F)C2)c2cnc(Nc3ccc4c(n3)[C@@H](C)C(C)(C)OC4=O)cc12. The lowest BCUT2D eigenvalue weighted by Gasteiger charge is -2.39. The Kier molecular flexibility index (Phi) is 8.43. The number of cyclic esters (lactones) is 1. The van der Waals surface area contributed by atoms with Crippen LogP contribution in [0.5, 0.6) is 5.75 Å². The third-order valence-electron chi connectivity index (χ3n) is 9.18. The second kappa shape index (κ2) is 12.0. The standard InChI is InChI=1S/C34H42FN5O5S/c1-8-26(39-46(43)33(3,4)5)20-9-11-27(44-19-16-40(17-19)31(41)23-13-25(23)35)24-15-36-29(14-22(20)24)37-28-12-10-21-30(38-28)18(2)34(6,7)45-32(21)42/h9-12,14-15,18-19,23,25-26,39H,8,13,16-17H2,1-7H3,(H,36,37,38)/t18-,23-,25+,26-,46?/m1/s1. The van der Waals surface area contributed by atoms with Crippen molar-refractivity contribution in [3.05, 3.63) is 53.3 Å². The first-order valence-corrected chi connectivity index (χ1v) is 17.0. The predicted molar refractivity (Wildman–Crippen MR) is 175 cm³/mol. The van der Waals surface area contributed by atoms with Gasteiger partial charge in [-0.1, -0.05) is 19.9 Å². The van der Waals surface area contributed by atoms with Crippen LogP contribution in [0.2, 0.25) is 0 Å². The number of alkyl halides is 1. The smallest absolute Gasteiger partial charge is 0.340 e. The van der Waals surface area contributed by atoms with E-state index in [0.717, 1.165) is 16.3 Å². The number of aromatic nitrogens is 2. The second-order valence-corrected chi connectivity index (χ2v) is 16.0. The van der Waals surface area contributed by atoms with E-state index in [9.17, 15) is 18.5 Å². The van der Waals surface area contributed by atoms with Crippen LogP contribution in [0.1, 0.15) is 94.9 Å². The highest BCUT2D eigenvalue weighted by Gasteiger charge is 2.48. The topological polar surface area (TPSA) is 129 Å². The first kappa shape index (κ1) is 32.5. The summed E-state index contributed by atoms with van der Waals surface area (Å²) in [5, 5.41) is 4.95. The molecule has 1 saturated heterocycles. The Bertz CT molecular complexity index is 1670. The van der Waals surface area contributed by atoms with Crippen molar-refractivity contribution in [2.45, 2.75) is 95.9 Å². The highest BCUT2D eigenvalue weighted by molar-refractivity contribution is 7.90. The number of anilines is 2. The average molecular weight is 652 g/mol. The highest BCUT2D eigenvalue weighted by Crippen LogP contribution is 2.40. The molecule has 2 aliphatic heterocycles. The van der Waals surface area contributed by atoms with E-state index in [2.05, 4.69) is 15.0 Å². The lowest BCUT2D eigenvalue weighted by molar-refractivity contribution is -0.141. The molecule has 46 heavy (non-hydrogen) atoms. The van der Waals surface area contributed by atoms with Gasteiger partial charge in [0.15, 0.2) is 0 Å². The molecule has 3 aromatic rings. The zero-order chi connectivity index (χ0) is 33.1. The fraction of sp³-hybridized carbons (Fsp3) is 0.529. The van der Waals surface area contributed by atoms with Crippen LogP contribution in [-0.4, -0.2) is 67.0 Å². The van der Waals surface area contributed by atoms with Gasteiger partial charge in [-0.15, -0.1) is 4.72 Å². The zero-order valence-corrected chi connectivity index (χ0v) is 28.2. The lowest BCUT2D eigenvalue weighted by Crippen LogP contribution is -2.56. The summed E-state index contributed by atoms with van der Waals surface area (Å²) >= 11 is -1.30. The minimum absolute atomic E-state index is 0.113. The third kappa shape index (κ3) is 6.26. The largest absolute Gasteiger partial charge is 0.598 e. The monoisotopic (exact) mass is 651 g/mol. The molecule has 0 radical (unpaired) electrons. The molecule has 246 valence electrons. The molecular weight excluding hydrogens is 609 g/mol. The van der Waals surface area contributed by atoms with Crippen LogP contribution in [0.3, 0.4) is 0 Å². The molecule has 5 atom stereocenters. The van der Waals surface area contributed by atoms with Crippen LogP contribution in [-0.2, 0) is 20.9 Å². The van der Waals surface area contributed by atoms with Crippen molar-refractivity contribution >= 4 is 45.6 Å². The number of carbonyl (C=O) groups excluding carboxylic acids is 2. The van der Waals surface area contributed by atoms with Gasteiger partial charge in [-0.25, -0.2) is 19.2 Å². The van der Waals surface area contributed by atoms with Gasteiger partial charge in [0, 0.05) is 28.9 Å². The summed E-state index contributed by atoms with van der Waals surface area (Å²) in [5.41, 5.74) is 1.38. The summed E-state index contributed by atoms with van der Waals surface area (Å²) in [6, 6.07) is 9.04. The number of hydrogen-bond acceptors (Lipinski definition) is 9. The molecular formula is C34H42FN5O5S. The van der Waals surface area contributed by atoms with E-state index in [1.54, 1.807) is 23.2 Å². The van der Waals surface area contributed by atoms with Gasteiger partial charge in [-0.05, 0) is 82.7 Å². The van der Waals surface area contributed by atoms with Crippen LogP contribution in [0, 0.1) is 5.92 Å². The zero-order valence-electron chi connectivity index (χ0n) is 27.3. The van der Waals surface area contributed by atoms with Gasteiger partial charge in [0.05, 0.1) is 36.3 Å². The van der Waals surface area contributed by atoms with Gasteiger partial charge in [0.1, 0.15) is 40.0 Å². The fourth-order valence-corrected chi connectivity index (χ4v) is 6.71. The molecule has 2 fully saturated rings. The maximum Gasteiger partial charge on any atom is 0.340 e. The molecule has 3 aliphatic rings. The number of rotatable bonds is 9. The molecule has 1 aliphatic carbocycles. The van der Waals surface area contributed by atoms with E-state index in [4.69, 9.17) is 14.5 Å². The van der Waals surface area contributed by atoms with Gasteiger partial charge in [-0.2, -0.15) is 0 Å². The van der Waals surface area contributed by atoms with Crippen molar-refractivity contribution in [3.8, 4) is 5.75 Å². The second-order valence-electron chi connectivity index (χ2n) is 14.0. The number of amides is 1. The molecule has 1 unspecified atom stereocenters. The number of benzene rings is 1. The first-order chi connectivity index (χ1) is 21.7. The van der Waals surface area contributed by atoms with Gasteiger partial charge in [-0.3, -0.25) is 4.79 Å². The number of carbonyl (C=O) groups is 2. The van der Waals surface area contributed by atoms with Crippen molar-refractivity contribution in [2.24, 2.45) is 5.92 Å². The summed E-state index contributed by atoms with van der Waals surface area (Å²) in [4.78, 5) is 36.1. The number of halogens is 1. The van der Waals surface area contributed by atoms with Crippen LogP contribution in [0.15, 0.2) is 36.5 Å². The van der Waals surface area contributed by atoms with Crippen molar-refractivity contribution < 1.29 is 28.0 Å².